The Hall–Kier alpha value is 0.537. The van der Waals surface area contributed by atoms with E-state index in [9.17, 15) is 9.59 Å². The van der Waals surface area contributed by atoms with Gasteiger partial charge in [0.2, 0.25) is 0 Å². The molecule has 0 amide bonds. The molecule has 6 heteroatoms. The van der Waals surface area contributed by atoms with E-state index in [1.165, 1.54) is 0 Å². The summed E-state index contributed by atoms with van der Waals surface area (Å²) in [7, 11) is 0. The Kier molecular flexibility index (Phi) is 13.1. The van der Waals surface area contributed by atoms with Gasteiger partial charge in [0, 0.05) is 0 Å². The van der Waals surface area contributed by atoms with Gasteiger partial charge < -0.3 is 0 Å². The molecule has 0 fully saturated rings. The van der Waals surface area contributed by atoms with Crippen LogP contribution in [0.25, 0.3) is 0 Å². The first-order valence-electron chi connectivity index (χ1n) is 9.45. The fourth-order valence-corrected chi connectivity index (χ4v) is 17.3. The second-order valence-corrected chi connectivity index (χ2v) is 30.0. The van der Waals surface area contributed by atoms with Gasteiger partial charge in [0.25, 0.3) is 0 Å². The number of carbonyl (C=O) groups is 2. The maximum atomic E-state index is 12.0. The van der Waals surface area contributed by atoms with Crippen LogP contribution in [0.5, 0.6) is 0 Å². The third kappa shape index (κ3) is 10.5. The van der Waals surface area contributed by atoms with Crippen molar-refractivity contribution in [3.8, 4) is 0 Å². The third-order valence-corrected chi connectivity index (χ3v) is 22.2. The van der Waals surface area contributed by atoms with Gasteiger partial charge in [0.15, 0.2) is 0 Å². The molecule has 24 heavy (non-hydrogen) atoms. The Labute approximate surface area is 164 Å². The molecule has 0 aliphatic carbocycles. The summed E-state index contributed by atoms with van der Waals surface area (Å²) in [4.78, 5) is 24.0. The Morgan fingerprint density at radius 1 is 0.625 bits per heavy atom. The van der Waals surface area contributed by atoms with Crippen LogP contribution < -0.4 is 0 Å². The zero-order chi connectivity index (χ0) is 18.9. The van der Waals surface area contributed by atoms with Crippen molar-refractivity contribution in [2.45, 2.75) is 96.8 Å². The summed E-state index contributed by atoms with van der Waals surface area (Å²) < 4.78 is 13.7. The predicted molar refractivity (Wildman–Crippen MR) is 105 cm³/mol. The van der Waals surface area contributed by atoms with Crippen LogP contribution in [0.1, 0.15) is 81.1 Å². The van der Waals surface area contributed by atoms with Crippen molar-refractivity contribution in [3.63, 3.8) is 0 Å². The van der Waals surface area contributed by atoms with Gasteiger partial charge >= 0.3 is 165 Å². The van der Waals surface area contributed by atoms with E-state index in [0.717, 1.165) is 0 Å². The van der Waals surface area contributed by atoms with Crippen molar-refractivity contribution in [1.82, 2.24) is 0 Å². The normalized spacial score (nSPS) is 12.1. The summed E-state index contributed by atoms with van der Waals surface area (Å²) in [5.74, 6) is -0.124. The Balaban J connectivity index is 4.08. The monoisotopic (exact) mass is 558 g/mol. The Morgan fingerprint density at radius 2 is 0.875 bits per heavy atom. The van der Waals surface area contributed by atoms with E-state index in [4.69, 9.17) is 6.15 Å². The quantitative estimate of drug-likeness (QED) is 0.273. The van der Waals surface area contributed by atoms with Gasteiger partial charge in [-0.05, 0) is 0 Å². The molecular weight excluding hydrogens is 518 g/mol. The average molecular weight is 556 g/mol. The van der Waals surface area contributed by atoms with E-state index >= 15 is 0 Å². The molecule has 0 aromatic carbocycles. The van der Waals surface area contributed by atoms with E-state index in [-0.39, 0.29) is 11.9 Å². The summed E-state index contributed by atoms with van der Waals surface area (Å²) in [6, 6.07) is 0. The molecule has 0 radical (unpaired) electrons. The topological polar surface area (TPSA) is 52.6 Å². The van der Waals surface area contributed by atoms with E-state index in [0.29, 0.717) is 41.4 Å². The average Bonchev–Trinajstić information content (AvgIpc) is 2.45. The SMILES string of the molecule is C[CH](C)[SnH]([O]C(=O)CCCCC(=O)[O][SnH]([CH](C)C)[CH](C)C)[CH](C)C. The second-order valence-electron chi connectivity index (χ2n) is 8.09. The Bertz CT molecular complexity index is 329. The van der Waals surface area contributed by atoms with Gasteiger partial charge in [0.05, 0.1) is 0 Å². The molecule has 0 unspecified atom stereocenters. The van der Waals surface area contributed by atoms with Crippen LogP contribution >= 0.6 is 0 Å². The molecule has 0 bridgehead atoms. The van der Waals surface area contributed by atoms with Crippen LogP contribution in [0.4, 0.5) is 0 Å². The van der Waals surface area contributed by atoms with Gasteiger partial charge in [-0.2, -0.15) is 0 Å². The number of rotatable bonds is 11. The molecule has 0 heterocycles. The maximum absolute atomic E-state index is 12.0. The molecule has 0 spiro atoms. The summed E-state index contributed by atoms with van der Waals surface area (Å²) >= 11 is -4.46. The van der Waals surface area contributed by atoms with Crippen LogP contribution in [0.15, 0.2) is 0 Å². The summed E-state index contributed by atoms with van der Waals surface area (Å²) in [5, 5.41) is 0. The minimum absolute atomic E-state index is 0.0621. The fourth-order valence-electron chi connectivity index (χ4n) is 3.04. The van der Waals surface area contributed by atoms with Gasteiger partial charge in [-0.15, -0.1) is 0 Å². The molecule has 0 saturated heterocycles. The zero-order valence-electron chi connectivity index (χ0n) is 16.9. The molecule has 0 atom stereocenters. The first-order chi connectivity index (χ1) is 11.1. The van der Waals surface area contributed by atoms with Crippen LogP contribution in [0, 0.1) is 0 Å². The summed E-state index contributed by atoms with van der Waals surface area (Å²) in [5.41, 5.74) is 0. The number of hydrogen-bond donors (Lipinski definition) is 0. The van der Waals surface area contributed by atoms with Gasteiger partial charge in [-0.1, -0.05) is 0 Å². The van der Waals surface area contributed by atoms with E-state index in [1.807, 2.05) is 0 Å². The molecule has 0 aliphatic rings. The molecule has 142 valence electrons. The van der Waals surface area contributed by atoms with Gasteiger partial charge in [0.1, 0.15) is 0 Å². The zero-order valence-corrected chi connectivity index (χ0v) is 23.5. The molecule has 0 saturated carbocycles. The first-order valence-corrected chi connectivity index (χ1v) is 19.7. The van der Waals surface area contributed by atoms with Gasteiger partial charge in [-0.3, -0.25) is 0 Å². The van der Waals surface area contributed by atoms with Crippen LogP contribution in [-0.4, -0.2) is 52.3 Å². The molecule has 4 nitrogen and oxygen atoms in total. The second kappa shape index (κ2) is 12.8. The van der Waals surface area contributed by atoms with Crippen LogP contribution in [0.3, 0.4) is 0 Å². The van der Waals surface area contributed by atoms with Crippen molar-refractivity contribution in [2.75, 3.05) is 0 Å². The van der Waals surface area contributed by atoms with Crippen molar-refractivity contribution in [1.29, 1.82) is 0 Å². The standard InChI is InChI=1S/C6H10O4.4C3H7.2Sn.2H/c7-5(8)3-1-2-4-6(9)10;4*1-3-2;;;;/h1-4H2,(H,7,8)(H,9,10);4*3H,1-2H3;;;;/q;;;;;2*+1;;/p-2. The molecule has 0 aromatic heterocycles. The van der Waals surface area contributed by atoms with Crippen LogP contribution in [-0.2, 0) is 15.7 Å². The Morgan fingerprint density at radius 3 is 1.08 bits per heavy atom. The number of hydrogen-bond acceptors (Lipinski definition) is 4. The van der Waals surface area contributed by atoms with Crippen molar-refractivity contribution in [2.24, 2.45) is 0 Å². The van der Waals surface area contributed by atoms with E-state index in [1.54, 1.807) is 0 Å². The fraction of sp³-hybridized carbons (Fsp3) is 0.889. The van der Waals surface area contributed by atoms with E-state index in [2.05, 4.69) is 55.4 Å². The molecule has 0 aromatic rings. The third-order valence-electron chi connectivity index (χ3n) is 4.18. The molecular formula is C18H38O4Sn2. The summed E-state index contributed by atoms with van der Waals surface area (Å²) in [6.07, 6.45) is 2.29. The van der Waals surface area contributed by atoms with Crippen molar-refractivity contribution >= 4 is 52.3 Å². The van der Waals surface area contributed by atoms with Crippen molar-refractivity contribution < 1.29 is 15.7 Å². The predicted octanol–water partition coefficient (Wildman–Crippen LogP) is 4.72. The first kappa shape index (κ1) is 24.5. The summed E-state index contributed by atoms with van der Waals surface area (Å²) in [6.45, 7) is 17.3. The number of unbranched alkanes of at least 4 members (excludes halogenated alkanes) is 1. The molecule has 0 rings (SSSR count). The van der Waals surface area contributed by atoms with Crippen molar-refractivity contribution in [3.05, 3.63) is 0 Å². The van der Waals surface area contributed by atoms with Gasteiger partial charge in [-0.25, -0.2) is 0 Å². The van der Waals surface area contributed by atoms with E-state index < -0.39 is 40.3 Å². The van der Waals surface area contributed by atoms with Crippen LogP contribution in [0.2, 0.25) is 15.7 Å². The minimum atomic E-state index is -2.23. The molecule has 0 aliphatic heterocycles. The number of carbonyl (C=O) groups excluding carboxylic acids is 2. The molecule has 0 N–H and O–H groups in total.